The number of fused-ring (bicyclic) bond motifs is 1. The summed E-state index contributed by atoms with van der Waals surface area (Å²) in [5, 5.41) is 45.6. The number of aliphatic hydroxyl groups excluding tert-OH is 3. The van der Waals surface area contributed by atoms with Crippen LogP contribution in [0.25, 0.3) is 11.2 Å². The Morgan fingerprint density at radius 2 is 1.98 bits per heavy atom. The lowest BCUT2D eigenvalue weighted by Crippen LogP contribution is -2.40. The molecule has 2 fully saturated rings. The fourth-order valence-corrected chi connectivity index (χ4v) is 6.19. The van der Waals surface area contributed by atoms with Gasteiger partial charge < -0.3 is 45.4 Å². The van der Waals surface area contributed by atoms with E-state index >= 15 is 0 Å². The highest BCUT2D eigenvalue weighted by molar-refractivity contribution is 5.89. The highest BCUT2D eigenvalue weighted by Crippen LogP contribution is 2.40. The molecular formula is C33H38N10O6. The molecule has 16 nitrogen and oxygen atoms in total. The van der Waals surface area contributed by atoms with Crippen molar-refractivity contribution >= 4 is 34.6 Å². The van der Waals surface area contributed by atoms with Crippen LogP contribution >= 0.6 is 0 Å². The van der Waals surface area contributed by atoms with E-state index in [9.17, 15) is 20.1 Å². The number of aliphatic hydroxyl groups is 3. The fraction of sp³-hybridized carbons (Fsp3) is 0.394. The molecule has 4 aromatic heterocycles. The first-order chi connectivity index (χ1) is 23.9. The van der Waals surface area contributed by atoms with E-state index in [0.29, 0.717) is 72.4 Å². The Hall–Kier alpha value is -5.16. The van der Waals surface area contributed by atoms with E-state index in [2.05, 4.69) is 31.1 Å². The van der Waals surface area contributed by atoms with E-state index in [4.69, 9.17) is 19.2 Å². The third kappa shape index (κ3) is 6.89. The monoisotopic (exact) mass is 670 g/mol. The number of nitrogens with zero attached hydrogens (tertiary/aromatic N) is 7. The Bertz CT molecular complexity index is 1870. The van der Waals surface area contributed by atoms with Gasteiger partial charge in [0.2, 0.25) is 5.95 Å². The molecule has 16 heteroatoms. The number of benzene rings is 1. The van der Waals surface area contributed by atoms with E-state index in [1.165, 1.54) is 6.33 Å². The number of aryl methyl sites for hydroxylation is 1. The van der Waals surface area contributed by atoms with Crippen LogP contribution in [0.5, 0.6) is 0 Å². The van der Waals surface area contributed by atoms with Gasteiger partial charge in [0.05, 0.1) is 36.6 Å². The molecule has 2 aliphatic rings. The van der Waals surface area contributed by atoms with Crippen LogP contribution in [-0.4, -0.2) is 95.0 Å². The summed E-state index contributed by atoms with van der Waals surface area (Å²) in [4.78, 5) is 33.0. The van der Waals surface area contributed by atoms with Crippen molar-refractivity contribution in [3.05, 3.63) is 84.3 Å². The zero-order valence-corrected chi connectivity index (χ0v) is 26.8. The van der Waals surface area contributed by atoms with Crippen LogP contribution in [0.2, 0.25) is 0 Å². The first kappa shape index (κ1) is 32.4. The number of ether oxygens (including phenoxy) is 1. The van der Waals surface area contributed by atoms with Crippen molar-refractivity contribution in [1.29, 1.82) is 0 Å². The number of amides is 2. The SMILES string of the molecule is CCc1cc([C@H]2O[C@@H](n3cnc4c(N[C@H](CO)Cc5ccccc5)nc(N5CC[C@H](NC(=O)Nc6cccnc6)C5)nc43)[C@H](O)[C@@H]2O)on1. The van der Waals surface area contributed by atoms with E-state index in [-0.39, 0.29) is 18.7 Å². The summed E-state index contributed by atoms with van der Waals surface area (Å²) in [6.45, 7) is 2.75. The van der Waals surface area contributed by atoms with Crippen molar-refractivity contribution in [2.24, 2.45) is 0 Å². The van der Waals surface area contributed by atoms with Gasteiger partial charge in [0.25, 0.3) is 0 Å². The summed E-state index contributed by atoms with van der Waals surface area (Å²) >= 11 is 0. The number of pyridine rings is 1. The van der Waals surface area contributed by atoms with Gasteiger partial charge in [-0.05, 0) is 37.0 Å². The molecule has 2 amide bonds. The highest BCUT2D eigenvalue weighted by Gasteiger charge is 2.47. The Balaban J connectivity index is 1.17. The van der Waals surface area contributed by atoms with Crippen LogP contribution in [-0.2, 0) is 17.6 Å². The number of aromatic nitrogens is 6. The molecule has 6 N–H and O–H groups in total. The van der Waals surface area contributed by atoms with E-state index in [1.54, 1.807) is 35.2 Å². The largest absolute Gasteiger partial charge is 0.394 e. The number of rotatable bonds is 11. The van der Waals surface area contributed by atoms with Gasteiger partial charge in [0.15, 0.2) is 29.0 Å². The van der Waals surface area contributed by atoms with Gasteiger partial charge in [-0.1, -0.05) is 42.4 Å². The summed E-state index contributed by atoms with van der Waals surface area (Å²) in [7, 11) is 0. The number of anilines is 3. The Kier molecular flexibility index (Phi) is 9.34. The molecule has 2 saturated heterocycles. The zero-order chi connectivity index (χ0) is 33.9. The van der Waals surface area contributed by atoms with Crippen molar-refractivity contribution in [2.75, 3.05) is 35.2 Å². The van der Waals surface area contributed by atoms with E-state index in [0.717, 1.165) is 5.56 Å². The third-order valence-corrected chi connectivity index (χ3v) is 8.75. The van der Waals surface area contributed by atoms with Gasteiger partial charge in [-0.15, -0.1) is 0 Å². The fourth-order valence-electron chi connectivity index (χ4n) is 6.19. The highest BCUT2D eigenvalue weighted by atomic mass is 16.6. The predicted octanol–water partition coefficient (Wildman–Crippen LogP) is 2.18. The Morgan fingerprint density at radius 3 is 2.73 bits per heavy atom. The summed E-state index contributed by atoms with van der Waals surface area (Å²) in [5.74, 6) is 1.05. The number of nitrogens with one attached hydrogen (secondary N) is 3. The van der Waals surface area contributed by atoms with Crippen molar-refractivity contribution in [2.45, 2.75) is 62.8 Å². The molecule has 0 unspecified atom stereocenters. The number of carbonyl (C=O) groups excluding carboxylic acids is 1. The molecule has 0 bridgehead atoms. The number of urea groups is 1. The van der Waals surface area contributed by atoms with Gasteiger partial charge in [0.1, 0.15) is 18.3 Å². The molecular weight excluding hydrogens is 632 g/mol. The van der Waals surface area contributed by atoms with Crippen molar-refractivity contribution in [3.8, 4) is 0 Å². The topological polar surface area (TPSA) is 209 Å². The van der Waals surface area contributed by atoms with Gasteiger partial charge >= 0.3 is 6.03 Å². The maximum atomic E-state index is 12.7. The molecule has 6 heterocycles. The first-order valence-corrected chi connectivity index (χ1v) is 16.3. The van der Waals surface area contributed by atoms with Crippen LogP contribution in [0.4, 0.5) is 22.2 Å². The van der Waals surface area contributed by atoms with Crippen LogP contribution in [0.3, 0.4) is 0 Å². The summed E-state index contributed by atoms with van der Waals surface area (Å²) in [5.41, 5.74) is 3.05. The molecule has 0 saturated carbocycles. The average molecular weight is 671 g/mol. The van der Waals surface area contributed by atoms with Gasteiger partial charge in [0, 0.05) is 31.4 Å². The standard InChI is InChI=1S/C33H38N10O6/c1-2-20-14-24(49-41-20)28-26(45)27(46)31(48-28)43-18-35-25-29(36-23(17-44)13-19-7-4-3-5-8-19)39-32(40-30(25)43)42-12-10-22(16-42)38-33(47)37-21-9-6-11-34-15-21/h3-9,11,14-15,18,22-23,26-28,31,44-46H,2,10,12-13,16-17H2,1H3,(H,36,39,40)(H2,37,38,47)/t22-,23-,26-,27+,28+,31+/m0/s1. The third-order valence-electron chi connectivity index (χ3n) is 8.75. The van der Waals surface area contributed by atoms with Crippen LogP contribution in [0.1, 0.15) is 42.7 Å². The summed E-state index contributed by atoms with van der Waals surface area (Å²) in [6, 6.07) is 14.1. The smallest absolute Gasteiger partial charge is 0.319 e. The van der Waals surface area contributed by atoms with Crippen molar-refractivity contribution in [3.63, 3.8) is 0 Å². The second-order valence-electron chi connectivity index (χ2n) is 12.2. The number of hydrogen-bond donors (Lipinski definition) is 6. The molecule has 6 atom stereocenters. The second kappa shape index (κ2) is 14.1. The Labute approximate surface area is 281 Å². The van der Waals surface area contributed by atoms with Gasteiger partial charge in [-0.3, -0.25) is 9.55 Å². The first-order valence-electron chi connectivity index (χ1n) is 16.3. The van der Waals surface area contributed by atoms with Gasteiger partial charge in [-0.2, -0.15) is 9.97 Å². The molecule has 0 radical (unpaired) electrons. The minimum atomic E-state index is -1.34. The van der Waals surface area contributed by atoms with Crippen LogP contribution in [0.15, 0.2) is 71.8 Å². The minimum absolute atomic E-state index is 0.173. The van der Waals surface area contributed by atoms with Gasteiger partial charge in [-0.25, -0.2) is 9.78 Å². The molecule has 49 heavy (non-hydrogen) atoms. The normalized spacial score (nSPS) is 22.8. The number of imidazole rings is 1. The summed E-state index contributed by atoms with van der Waals surface area (Å²) in [6.07, 6.45) is 1.84. The molecule has 0 aliphatic carbocycles. The van der Waals surface area contributed by atoms with Crippen LogP contribution < -0.4 is 20.9 Å². The Morgan fingerprint density at radius 1 is 1.12 bits per heavy atom. The maximum absolute atomic E-state index is 12.7. The number of hydrogen-bond acceptors (Lipinski definition) is 13. The number of carbonyl (C=O) groups is 1. The average Bonchev–Trinajstić information content (AvgIpc) is 3.93. The molecule has 256 valence electrons. The molecule has 5 aromatic rings. The van der Waals surface area contributed by atoms with Crippen molar-refractivity contribution < 1.29 is 29.4 Å². The lowest BCUT2D eigenvalue weighted by Gasteiger charge is -2.22. The lowest BCUT2D eigenvalue weighted by molar-refractivity contribution is -0.0434. The molecule has 7 rings (SSSR count). The quantitative estimate of drug-likeness (QED) is 0.119. The van der Waals surface area contributed by atoms with Crippen LogP contribution in [0, 0.1) is 0 Å². The predicted molar refractivity (Wildman–Crippen MR) is 178 cm³/mol. The zero-order valence-electron chi connectivity index (χ0n) is 26.8. The molecule has 2 aliphatic heterocycles. The second-order valence-corrected chi connectivity index (χ2v) is 12.2. The van der Waals surface area contributed by atoms with E-state index < -0.39 is 30.6 Å². The lowest BCUT2D eigenvalue weighted by atomic mass is 10.1. The van der Waals surface area contributed by atoms with E-state index in [1.807, 2.05) is 42.2 Å². The molecule has 1 aromatic carbocycles. The van der Waals surface area contributed by atoms with Crippen molar-refractivity contribution in [1.82, 2.24) is 35.0 Å². The molecule has 0 spiro atoms. The maximum Gasteiger partial charge on any atom is 0.319 e. The minimum Gasteiger partial charge on any atom is -0.394 e. The summed E-state index contributed by atoms with van der Waals surface area (Å²) < 4.78 is 13.2.